The van der Waals surface area contributed by atoms with Crippen LogP contribution in [0.2, 0.25) is 0 Å². The van der Waals surface area contributed by atoms with E-state index in [1.165, 1.54) is 19.3 Å². The van der Waals surface area contributed by atoms with Gasteiger partial charge in [-0.15, -0.1) is 0 Å². The van der Waals surface area contributed by atoms with Gasteiger partial charge in [0.15, 0.2) is 0 Å². The fraction of sp³-hybridized carbons (Fsp3) is 0.533. The maximum atomic E-state index is 11.7. The fourth-order valence-corrected chi connectivity index (χ4v) is 2.30. The number of nitrogen functional groups attached to an aromatic ring is 1. The predicted molar refractivity (Wildman–Crippen MR) is 74.1 cm³/mol. The maximum Gasteiger partial charge on any atom is 0.220 e. The van der Waals surface area contributed by atoms with Crippen LogP contribution in [0.4, 0.5) is 5.69 Å². The highest BCUT2D eigenvalue weighted by molar-refractivity contribution is 5.76. The van der Waals surface area contributed by atoms with Gasteiger partial charge in [0.2, 0.25) is 5.91 Å². The second kappa shape index (κ2) is 5.42. The van der Waals surface area contributed by atoms with Gasteiger partial charge in [-0.05, 0) is 42.4 Å². The second-order valence-electron chi connectivity index (χ2n) is 5.68. The van der Waals surface area contributed by atoms with Crippen LogP contribution in [0, 0.1) is 5.41 Å². The topological polar surface area (TPSA) is 55.1 Å². The monoisotopic (exact) mass is 246 g/mol. The number of carbonyl (C=O) groups excluding carboxylic acids is 1. The van der Waals surface area contributed by atoms with E-state index < -0.39 is 0 Å². The Bertz CT molecular complexity index is 407. The zero-order chi connectivity index (χ0) is 13.0. The molecule has 0 unspecified atom stereocenters. The molecule has 1 amide bonds. The molecule has 1 fully saturated rings. The first kappa shape index (κ1) is 12.9. The van der Waals surface area contributed by atoms with Crippen LogP contribution in [0.3, 0.4) is 0 Å². The molecule has 1 aliphatic carbocycles. The maximum absolute atomic E-state index is 11.7. The average Bonchev–Trinajstić information content (AvgIpc) is 2.33. The minimum absolute atomic E-state index is 0.153. The molecule has 0 saturated heterocycles. The molecule has 0 spiro atoms. The van der Waals surface area contributed by atoms with E-state index in [0.717, 1.165) is 24.2 Å². The molecule has 1 aromatic carbocycles. The number of amides is 1. The van der Waals surface area contributed by atoms with Crippen molar-refractivity contribution in [2.45, 2.75) is 39.0 Å². The van der Waals surface area contributed by atoms with Gasteiger partial charge in [-0.3, -0.25) is 4.79 Å². The molecular formula is C15H22N2O. The van der Waals surface area contributed by atoms with Crippen LogP contribution in [0.15, 0.2) is 24.3 Å². The second-order valence-corrected chi connectivity index (χ2v) is 5.68. The molecule has 98 valence electrons. The Kier molecular flexibility index (Phi) is 3.90. The Balaban J connectivity index is 1.69. The number of anilines is 1. The van der Waals surface area contributed by atoms with Crippen molar-refractivity contribution >= 4 is 11.6 Å². The van der Waals surface area contributed by atoms with E-state index in [1.54, 1.807) is 0 Å². The number of carbonyl (C=O) groups is 1. The molecular weight excluding hydrogens is 224 g/mol. The van der Waals surface area contributed by atoms with Crippen molar-refractivity contribution in [3.05, 3.63) is 29.8 Å². The summed E-state index contributed by atoms with van der Waals surface area (Å²) in [5, 5.41) is 3.04. The van der Waals surface area contributed by atoms with E-state index in [1.807, 2.05) is 24.3 Å². The van der Waals surface area contributed by atoms with Gasteiger partial charge in [0, 0.05) is 18.7 Å². The largest absolute Gasteiger partial charge is 0.399 e. The van der Waals surface area contributed by atoms with Gasteiger partial charge >= 0.3 is 0 Å². The molecule has 0 bridgehead atoms. The molecule has 0 aliphatic heterocycles. The van der Waals surface area contributed by atoms with Crippen molar-refractivity contribution in [2.75, 3.05) is 12.3 Å². The molecule has 18 heavy (non-hydrogen) atoms. The summed E-state index contributed by atoms with van der Waals surface area (Å²) in [5.41, 5.74) is 7.90. The Labute approximate surface area is 109 Å². The molecule has 1 aromatic rings. The molecule has 0 atom stereocenters. The van der Waals surface area contributed by atoms with Crippen molar-refractivity contribution in [2.24, 2.45) is 5.41 Å². The summed E-state index contributed by atoms with van der Waals surface area (Å²) < 4.78 is 0. The first-order valence-corrected chi connectivity index (χ1v) is 6.69. The summed E-state index contributed by atoms with van der Waals surface area (Å²) in [4.78, 5) is 11.7. The highest BCUT2D eigenvalue weighted by atomic mass is 16.1. The van der Waals surface area contributed by atoms with E-state index >= 15 is 0 Å². The molecule has 1 saturated carbocycles. The lowest BCUT2D eigenvalue weighted by Gasteiger charge is -2.38. The van der Waals surface area contributed by atoms with Crippen LogP contribution in [0.5, 0.6) is 0 Å². The Morgan fingerprint density at radius 1 is 1.33 bits per heavy atom. The van der Waals surface area contributed by atoms with Crippen molar-refractivity contribution in [3.63, 3.8) is 0 Å². The smallest absolute Gasteiger partial charge is 0.220 e. The number of nitrogens with two attached hydrogens (primary N) is 1. The molecule has 0 aromatic heterocycles. The summed E-state index contributed by atoms with van der Waals surface area (Å²) in [6, 6.07) is 7.72. The highest BCUT2D eigenvalue weighted by Gasteiger charge is 2.31. The average molecular weight is 246 g/mol. The van der Waals surface area contributed by atoms with Gasteiger partial charge in [-0.2, -0.15) is 0 Å². The van der Waals surface area contributed by atoms with Crippen molar-refractivity contribution < 1.29 is 4.79 Å². The Morgan fingerprint density at radius 3 is 2.56 bits per heavy atom. The van der Waals surface area contributed by atoms with Gasteiger partial charge in [0.1, 0.15) is 0 Å². The van der Waals surface area contributed by atoms with Gasteiger partial charge in [-0.1, -0.05) is 25.5 Å². The lowest BCUT2D eigenvalue weighted by molar-refractivity contribution is -0.121. The zero-order valence-corrected chi connectivity index (χ0v) is 11.0. The lowest BCUT2D eigenvalue weighted by atomic mass is 9.70. The highest BCUT2D eigenvalue weighted by Crippen LogP contribution is 2.39. The van der Waals surface area contributed by atoms with Crippen LogP contribution in [-0.2, 0) is 11.2 Å². The van der Waals surface area contributed by atoms with Gasteiger partial charge in [-0.25, -0.2) is 0 Å². The Morgan fingerprint density at radius 2 is 2.00 bits per heavy atom. The number of hydrogen-bond acceptors (Lipinski definition) is 2. The summed E-state index contributed by atoms with van der Waals surface area (Å²) in [7, 11) is 0. The standard InChI is InChI=1S/C15H22N2O/c1-15(9-2-10-15)11-17-14(18)8-5-12-3-6-13(16)7-4-12/h3-4,6-7H,2,5,8-11,16H2,1H3,(H,17,18). The van der Waals surface area contributed by atoms with E-state index in [4.69, 9.17) is 5.73 Å². The number of rotatable bonds is 5. The molecule has 0 heterocycles. The van der Waals surface area contributed by atoms with Crippen molar-refractivity contribution in [1.82, 2.24) is 5.32 Å². The summed E-state index contributed by atoms with van der Waals surface area (Å²) in [6.45, 7) is 3.07. The van der Waals surface area contributed by atoms with E-state index in [9.17, 15) is 4.79 Å². The third kappa shape index (κ3) is 3.49. The third-order valence-corrected chi connectivity index (χ3v) is 3.89. The Hall–Kier alpha value is -1.51. The summed E-state index contributed by atoms with van der Waals surface area (Å²) in [6.07, 6.45) is 5.12. The first-order valence-electron chi connectivity index (χ1n) is 6.69. The zero-order valence-electron chi connectivity index (χ0n) is 11.0. The molecule has 3 N–H and O–H groups in total. The normalized spacial score (nSPS) is 16.9. The molecule has 1 aliphatic rings. The van der Waals surface area contributed by atoms with E-state index in [2.05, 4.69) is 12.2 Å². The van der Waals surface area contributed by atoms with E-state index in [-0.39, 0.29) is 5.91 Å². The number of aryl methyl sites for hydroxylation is 1. The lowest BCUT2D eigenvalue weighted by Crippen LogP contribution is -2.39. The van der Waals surface area contributed by atoms with Crippen LogP contribution in [0.1, 0.15) is 38.2 Å². The van der Waals surface area contributed by atoms with Crippen molar-refractivity contribution in [1.29, 1.82) is 0 Å². The fourth-order valence-electron chi connectivity index (χ4n) is 2.30. The van der Waals surface area contributed by atoms with Gasteiger partial charge < -0.3 is 11.1 Å². The third-order valence-electron chi connectivity index (χ3n) is 3.89. The van der Waals surface area contributed by atoms with Crippen LogP contribution in [-0.4, -0.2) is 12.5 Å². The van der Waals surface area contributed by atoms with Crippen LogP contribution < -0.4 is 11.1 Å². The number of benzene rings is 1. The number of nitrogens with one attached hydrogen (secondary N) is 1. The van der Waals surface area contributed by atoms with Gasteiger partial charge in [0.05, 0.1) is 0 Å². The summed E-state index contributed by atoms with van der Waals surface area (Å²) in [5.74, 6) is 0.153. The molecule has 3 heteroatoms. The molecule has 2 rings (SSSR count). The first-order chi connectivity index (χ1) is 8.57. The SMILES string of the molecule is CC1(CNC(=O)CCc2ccc(N)cc2)CCC1. The molecule has 0 radical (unpaired) electrons. The van der Waals surface area contributed by atoms with Crippen molar-refractivity contribution in [3.8, 4) is 0 Å². The minimum atomic E-state index is 0.153. The number of hydrogen-bond donors (Lipinski definition) is 2. The van der Waals surface area contributed by atoms with Gasteiger partial charge in [0.25, 0.3) is 0 Å². The quantitative estimate of drug-likeness (QED) is 0.784. The van der Waals surface area contributed by atoms with Crippen LogP contribution >= 0.6 is 0 Å². The van der Waals surface area contributed by atoms with Crippen LogP contribution in [0.25, 0.3) is 0 Å². The molecule has 3 nitrogen and oxygen atoms in total. The minimum Gasteiger partial charge on any atom is -0.399 e. The summed E-state index contributed by atoms with van der Waals surface area (Å²) >= 11 is 0. The predicted octanol–water partition coefficient (Wildman–Crippen LogP) is 2.51. The van der Waals surface area contributed by atoms with E-state index in [0.29, 0.717) is 11.8 Å².